The molecule has 1 aliphatic carbocycles. The van der Waals surface area contributed by atoms with Gasteiger partial charge in [0.25, 0.3) is 0 Å². The van der Waals surface area contributed by atoms with Crippen molar-refractivity contribution < 1.29 is 9.90 Å². The van der Waals surface area contributed by atoms with Crippen LogP contribution in [0.1, 0.15) is 50.1 Å². The summed E-state index contributed by atoms with van der Waals surface area (Å²) in [6.07, 6.45) is 6.13. The number of para-hydroxylation sites is 1. The SMILES string of the molecule is CC(CC(=O)O)c1cccc2ccn(C3CCC3)c12. The van der Waals surface area contributed by atoms with Crippen LogP contribution in [-0.2, 0) is 4.79 Å². The fourth-order valence-electron chi connectivity index (χ4n) is 2.99. The van der Waals surface area contributed by atoms with Gasteiger partial charge in [0.2, 0.25) is 0 Å². The van der Waals surface area contributed by atoms with Crippen LogP contribution in [0.5, 0.6) is 0 Å². The van der Waals surface area contributed by atoms with E-state index in [2.05, 4.69) is 29.0 Å². The Morgan fingerprint density at radius 1 is 1.42 bits per heavy atom. The van der Waals surface area contributed by atoms with Gasteiger partial charge in [-0.25, -0.2) is 0 Å². The van der Waals surface area contributed by atoms with E-state index in [9.17, 15) is 4.79 Å². The van der Waals surface area contributed by atoms with Crippen LogP contribution in [0.2, 0.25) is 0 Å². The molecule has 3 heteroatoms. The third-order valence-electron chi connectivity index (χ3n) is 4.25. The third kappa shape index (κ3) is 2.14. The van der Waals surface area contributed by atoms with Crippen molar-refractivity contribution >= 4 is 16.9 Å². The van der Waals surface area contributed by atoms with E-state index in [1.54, 1.807) is 0 Å². The van der Waals surface area contributed by atoms with E-state index in [1.165, 1.54) is 30.2 Å². The van der Waals surface area contributed by atoms with Crippen LogP contribution in [0.15, 0.2) is 30.5 Å². The predicted octanol–water partition coefficient (Wildman–Crippen LogP) is 3.94. The first-order valence-corrected chi connectivity index (χ1v) is 6.98. The highest BCUT2D eigenvalue weighted by Crippen LogP contribution is 2.37. The lowest BCUT2D eigenvalue weighted by Crippen LogP contribution is -2.17. The number of benzene rings is 1. The van der Waals surface area contributed by atoms with Gasteiger partial charge in [0.05, 0.1) is 11.9 Å². The molecule has 0 aliphatic heterocycles. The van der Waals surface area contributed by atoms with Gasteiger partial charge in [0, 0.05) is 12.2 Å². The lowest BCUT2D eigenvalue weighted by molar-refractivity contribution is -0.137. The number of fused-ring (bicyclic) bond motifs is 1. The molecule has 1 atom stereocenters. The Labute approximate surface area is 112 Å². The second-order valence-electron chi connectivity index (χ2n) is 5.59. The zero-order chi connectivity index (χ0) is 13.4. The first-order valence-electron chi connectivity index (χ1n) is 6.98. The normalized spacial score (nSPS) is 17.3. The fraction of sp³-hybridized carbons (Fsp3) is 0.438. The van der Waals surface area contributed by atoms with Crippen molar-refractivity contribution in [2.24, 2.45) is 0 Å². The summed E-state index contributed by atoms with van der Waals surface area (Å²) in [5.41, 5.74) is 2.40. The molecule has 1 aromatic carbocycles. The van der Waals surface area contributed by atoms with Gasteiger partial charge >= 0.3 is 5.97 Å². The first-order chi connectivity index (χ1) is 9.16. The Bertz CT molecular complexity index is 610. The fourth-order valence-corrected chi connectivity index (χ4v) is 2.99. The minimum Gasteiger partial charge on any atom is -0.481 e. The molecule has 3 nitrogen and oxygen atoms in total. The number of nitrogens with zero attached hydrogens (tertiary/aromatic N) is 1. The average Bonchev–Trinajstić information content (AvgIpc) is 2.70. The molecule has 1 aromatic heterocycles. The van der Waals surface area contributed by atoms with Gasteiger partial charge in [0.1, 0.15) is 0 Å². The number of hydrogen-bond acceptors (Lipinski definition) is 1. The number of aromatic nitrogens is 1. The quantitative estimate of drug-likeness (QED) is 0.901. The number of hydrogen-bond donors (Lipinski definition) is 1. The number of aliphatic carboxylic acids is 1. The van der Waals surface area contributed by atoms with Crippen LogP contribution in [0.25, 0.3) is 10.9 Å². The topological polar surface area (TPSA) is 42.2 Å². The summed E-state index contributed by atoms with van der Waals surface area (Å²) < 4.78 is 2.35. The number of carboxylic acid groups (broad SMARTS) is 1. The second-order valence-corrected chi connectivity index (χ2v) is 5.59. The second kappa shape index (κ2) is 4.72. The molecule has 19 heavy (non-hydrogen) atoms. The van der Waals surface area contributed by atoms with Gasteiger partial charge in [-0.15, -0.1) is 0 Å². The summed E-state index contributed by atoms with van der Waals surface area (Å²) in [6, 6.07) is 8.97. The summed E-state index contributed by atoms with van der Waals surface area (Å²) in [6.45, 7) is 2.00. The minimum absolute atomic E-state index is 0.0509. The van der Waals surface area contributed by atoms with Gasteiger partial charge in [-0.05, 0) is 42.2 Å². The van der Waals surface area contributed by atoms with Gasteiger partial charge < -0.3 is 9.67 Å². The van der Waals surface area contributed by atoms with Crippen LogP contribution >= 0.6 is 0 Å². The molecule has 0 radical (unpaired) electrons. The maximum Gasteiger partial charge on any atom is 0.303 e. The van der Waals surface area contributed by atoms with Crippen LogP contribution in [0, 0.1) is 0 Å². The zero-order valence-electron chi connectivity index (χ0n) is 11.2. The molecule has 100 valence electrons. The number of rotatable bonds is 4. The first kappa shape index (κ1) is 12.3. The van der Waals surface area contributed by atoms with Crippen molar-refractivity contribution in [3.05, 3.63) is 36.0 Å². The molecule has 0 amide bonds. The minimum atomic E-state index is -0.730. The summed E-state index contributed by atoms with van der Waals surface area (Å²) in [4.78, 5) is 10.9. The van der Waals surface area contributed by atoms with Gasteiger partial charge in [0.15, 0.2) is 0 Å². The zero-order valence-corrected chi connectivity index (χ0v) is 11.2. The smallest absolute Gasteiger partial charge is 0.303 e. The summed E-state index contributed by atoms with van der Waals surface area (Å²) in [5, 5.41) is 10.2. The Balaban J connectivity index is 2.07. The molecule has 0 bridgehead atoms. The molecular weight excluding hydrogens is 238 g/mol. The van der Waals surface area contributed by atoms with Gasteiger partial charge in [-0.2, -0.15) is 0 Å². The van der Waals surface area contributed by atoms with Crippen LogP contribution in [0.3, 0.4) is 0 Å². The molecule has 1 unspecified atom stereocenters. The van der Waals surface area contributed by atoms with Crippen LogP contribution in [0.4, 0.5) is 0 Å². The average molecular weight is 257 g/mol. The van der Waals surface area contributed by atoms with E-state index in [4.69, 9.17) is 5.11 Å². The lowest BCUT2D eigenvalue weighted by Gasteiger charge is -2.29. The third-order valence-corrected chi connectivity index (χ3v) is 4.25. The molecule has 3 rings (SSSR count). The van der Waals surface area contributed by atoms with E-state index >= 15 is 0 Å². The van der Waals surface area contributed by atoms with E-state index < -0.39 is 5.97 Å². The number of carboxylic acids is 1. The molecule has 1 fully saturated rings. The van der Waals surface area contributed by atoms with Gasteiger partial charge in [-0.3, -0.25) is 4.79 Å². The van der Waals surface area contributed by atoms with Crippen molar-refractivity contribution in [3.63, 3.8) is 0 Å². The lowest BCUT2D eigenvalue weighted by atomic mass is 9.91. The Kier molecular flexibility index (Phi) is 3.05. The highest BCUT2D eigenvalue weighted by atomic mass is 16.4. The van der Waals surface area contributed by atoms with Crippen molar-refractivity contribution in [1.29, 1.82) is 0 Å². The monoisotopic (exact) mass is 257 g/mol. The molecule has 1 N–H and O–H groups in total. The predicted molar refractivity (Wildman–Crippen MR) is 75.5 cm³/mol. The molecule has 0 spiro atoms. The molecular formula is C16H19NO2. The molecule has 0 saturated heterocycles. The van der Waals surface area contributed by atoms with Crippen molar-refractivity contribution in [2.45, 2.75) is 44.6 Å². The standard InChI is InChI=1S/C16H19NO2/c1-11(10-15(18)19)14-7-2-4-12-8-9-17(16(12)14)13-5-3-6-13/h2,4,7-9,11,13H,3,5-6,10H2,1H3,(H,18,19). The maximum atomic E-state index is 10.9. The highest BCUT2D eigenvalue weighted by Gasteiger charge is 2.23. The summed E-state index contributed by atoms with van der Waals surface area (Å²) in [7, 11) is 0. The Morgan fingerprint density at radius 2 is 2.21 bits per heavy atom. The molecule has 1 aliphatic rings. The Morgan fingerprint density at radius 3 is 2.84 bits per heavy atom. The van der Waals surface area contributed by atoms with E-state index in [0.717, 1.165) is 5.56 Å². The van der Waals surface area contributed by atoms with Crippen molar-refractivity contribution in [3.8, 4) is 0 Å². The van der Waals surface area contributed by atoms with Crippen LogP contribution in [-0.4, -0.2) is 15.6 Å². The van der Waals surface area contributed by atoms with Crippen molar-refractivity contribution in [1.82, 2.24) is 4.57 Å². The highest BCUT2D eigenvalue weighted by molar-refractivity contribution is 5.84. The Hall–Kier alpha value is -1.77. The maximum absolute atomic E-state index is 10.9. The van der Waals surface area contributed by atoms with Crippen molar-refractivity contribution in [2.75, 3.05) is 0 Å². The summed E-state index contributed by atoms with van der Waals surface area (Å²) in [5.74, 6) is -0.679. The van der Waals surface area contributed by atoms with E-state index in [-0.39, 0.29) is 12.3 Å². The van der Waals surface area contributed by atoms with Crippen LogP contribution < -0.4 is 0 Å². The largest absolute Gasteiger partial charge is 0.481 e. The van der Waals surface area contributed by atoms with Gasteiger partial charge in [-0.1, -0.05) is 25.1 Å². The number of carbonyl (C=O) groups is 1. The molecule has 2 aromatic rings. The van der Waals surface area contributed by atoms with E-state index in [1.807, 2.05) is 13.0 Å². The molecule has 1 heterocycles. The molecule has 1 saturated carbocycles. The van der Waals surface area contributed by atoms with E-state index in [0.29, 0.717) is 6.04 Å². The summed E-state index contributed by atoms with van der Waals surface area (Å²) >= 11 is 0.